The highest BCUT2D eigenvalue weighted by molar-refractivity contribution is 5.82. The van der Waals surface area contributed by atoms with Crippen molar-refractivity contribution in [1.29, 1.82) is 0 Å². The first-order valence-electron chi connectivity index (χ1n) is 7.93. The summed E-state index contributed by atoms with van der Waals surface area (Å²) in [6.07, 6.45) is -3.05. The van der Waals surface area contributed by atoms with Crippen molar-refractivity contribution in [2.24, 2.45) is 0 Å². The Morgan fingerprint density at radius 3 is 2.42 bits per heavy atom. The van der Waals surface area contributed by atoms with Gasteiger partial charge in [0.15, 0.2) is 0 Å². The van der Waals surface area contributed by atoms with E-state index < -0.39 is 12.0 Å². The number of hydrogen-bond donors (Lipinski definition) is 1. The lowest BCUT2D eigenvalue weighted by Crippen LogP contribution is -2.52. The highest BCUT2D eigenvalue weighted by Crippen LogP contribution is 2.29. The molecular weight excluding hydrogens is 349 g/mol. The average molecular weight is 364 g/mol. The molecule has 3 aromatic rings. The number of imidazole rings is 1. The van der Waals surface area contributed by atoms with Gasteiger partial charge >= 0.3 is 6.36 Å². The average Bonchev–Trinajstić information content (AvgIpc) is 2.95. The van der Waals surface area contributed by atoms with Gasteiger partial charge in [-0.05, 0) is 35.4 Å². The second kappa shape index (κ2) is 6.00. The van der Waals surface area contributed by atoms with Crippen molar-refractivity contribution in [3.63, 3.8) is 0 Å². The van der Waals surface area contributed by atoms with Crippen LogP contribution in [0.2, 0.25) is 0 Å². The minimum absolute atomic E-state index is 0.262. The molecule has 0 atom stereocenters. The molecule has 1 N–H and O–H groups in total. The van der Waals surface area contributed by atoms with Crippen LogP contribution >= 0.6 is 0 Å². The molecule has 0 bridgehead atoms. The molecule has 0 aliphatic carbocycles. The van der Waals surface area contributed by atoms with E-state index in [1.807, 2.05) is 22.8 Å². The summed E-state index contributed by atoms with van der Waals surface area (Å²) in [4.78, 5) is 4.35. The molecule has 1 saturated heterocycles. The molecule has 1 aliphatic heterocycles. The molecule has 2 aromatic carbocycles. The molecule has 4 rings (SSSR count). The number of hydrogen-bond acceptors (Lipinski definition) is 4. The van der Waals surface area contributed by atoms with Crippen molar-refractivity contribution in [1.82, 2.24) is 9.55 Å². The third kappa shape index (κ3) is 3.38. The SMILES string of the molecule is OC1(Cn2cnc3cc(-c4ccc(OC(F)(F)F)cc4)ccc32)COC1. The lowest BCUT2D eigenvalue weighted by Gasteiger charge is -2.36. The van der Waals surface area contributed by atoms with Crippen LogP contribution in [0.15, 0.2) is 48.8 Å². The predicted molar refractivity (Wildman–Crippen MR) is 87.6 cm³/mol. The fourth-order valence-corrected chi connectivity index (χ4v) is 2.96. The number of rotatable bonds is 4. The summed E-state index contributed by atoms with van der Waals surface area (Å²) in [7, 11) is 0. The van der Waals surface area contributed by atoms with Crippen molar-refractivity contribution >= 4 is 11.0 Å². The number of benzene rings is 2. The summed E-state index contributed by atoms with van der Waals surface area (Å²) < 4.78 is 47.5. The molecule has 0 saturated carbocycles. The van der Waals surface area contributed by atoms with Crippen LogP contribution in [-0.2, 0) is 11.3 Å². The zero-order chi connectivity index (χ0) is 18.4. The van der Waals surface area contributed by atoms with Crippen molar-refractivity contribution < 1.29 is 27.8 Å². The maximum atomic E-state index is 12.2. The van der Waals surface area contributed by atoms with Crippen molar-refractivity contribution in [2.45, 2.75) is 18.5 Å². The van der Waals surface area contributed by atoms with Crippen LogP contribution in [0, 0.1) is 0 Å². The van der Waals surface area contributed by atoms with Gasteiger partial charge in [0.05, 0.1) is 37.1 Å². The first-order valence-corrected chi connectivity index (χ1v) is 7.93. The first kappa shape index (κ1) is 16.9. The van der Waals surface area contributed by atoms with Gasteiger partial charge in [-0.25, -0.2) is 4.98 Å². The van der Waals surface area contributed by atoms with Gasteiger partial charge in [-0.1, -0.05) is 18.2 Å². The molecule has 1 aromatic heterocycles. The Morgan fingerprint density at radius 2 is 1.81 bits per heavy atom. The number of aromatic nitrogens is 2. The third-order valence-electron chi connectivity index (χ3n) is 4.25. The third-order valence-corrected chi connectivity index (χ3v) is 4.25. The van der Waals surface area contributed by atoms with Gasteiger partial charge in [0.2, 0.25) is 0 Å². The van der Waals surface area contributed by atoms with Gasteiger partial charge in [0.1, 0.15) is 11.4 Å². The van der Waals surface area contributed by atoms with Crippen LogP contribution in [0.1, 0.15) is 0 Å². The standard InChI is InChI=1S/C18H15F3N2O3/c19-18(20,21)26-14-4-1-12(2-5-14)13-3-6-16-15(7-13)22-11-23(16)8-17(24)9-25-10-17/h1-7,11,24H,8-10H2. The Bertz CT molecular complexity index is 931. The minimum Gasteiger partial charge on any atom is -0.406 e. The van der Waals surface area contributed by atoms with Crippen molar-refractivity contribution in [3.8, 4) is 16.9 Å². The van der Waals surface area contributed by atoms with E-state index >= 15 is 0 Å². The number of aliphatic hydroxyl groups is 1. The molecular formula is C18H15F3N2O3. The van der Waals surface area contributed by atoms with E-state index in [1.165, 1.54) is 12.1 Å². The molecule has 1 aliphatic rings. The highest BCUT2D eigenvalue weighted by Gasteiger charge is 2.36. The van der Waals surface area contributed by atoms with Crippen LogP contribution in [0.4, 0.5) is 13.2 Å². The second-order valence-electron chi connectivity index (χ2n) is 6.37. The number of halogens is 3. The molecule has 2 heterocycles. The molecule has 26 heavy (non-hydrogen) atoms. The number of fused-ring (bicyclic) bond motifs is 1. The van der Waals surface area contributed by atoms with E-state index in [4.69, 9.17) is 4.74 Å². The van der Waals surface area contributed by atoms with E-state index in [0.29, 0.717) is 19.8 Å². The van der Waals surface area contributed by atoms with Crippen LogP contribution < -0.4 is 4.74 Å². The summed E-state index contributed by atoms with van der Waals surface area (Å²) in [6.45, 7) is 1.00. The summed E-state index contributed by atoms with van der Waals surface area (Å²) in [5.41, 5.74) is 2.32. The molecule has 5 nitrogen and oxygen atoms in total. The Kier molecular flexibility index (Phi) is 3.89. The summed E-state index contributed by atoms with van der Waals surface area (Å²) in [6, 6.07) is 11.3. The fraction of sp³-hybridized carbons (Fsp3) is 0.278. The molecule has 8 heteroatoms. The maximum absolute atomic E-state index is 12.2. The maximum Gasteiger partial charge on any atom is 0.573 e. The van der Waals surface area contributed by atoms with Gasteiger partial charge in [-0.3, -0.25) is 0 Å². The van der Waals surface area contributed by atoms with E-state index in [1.54, 1.807) is 18.5 Å². The summed E-state index contributed by atoms with van der Waals surface area (Å²) in [5.74, 6) is -0.262. The number of ether oxygens (including phenoxy) is 2. The second-order valence-corrected chi connectivity index (χ2v) is 6.37. The molecule has 0 unspecified atom stereocenters. The van der Waals surface area contributed by atoms with Gasteiger partial charge in [-0.2, -0.15) is 0 Å². The van der Waals surface area contributed by atoms with Gasteiger partial charge in [0, 0.05) is 0 Å². The topological polar surface area (TPSA) is 56.5 Å². The highest BCUT2D eigenvalue weighted by atomic mass is 19.4. The van der Waals surface area contributed by atoms with Crippen molar-refractivity contribution in [2.75, 3.05) is 13.2 Å². The summed E-state index contributed by atoms with van der Waals surface area (Å²) >= 11 is 0. The fourth-order valence-electron chi connectivity index (χ4n) is 2.96. The Hall–Kier alpha value is -2.58. The van der Waals surface area contributed by atoms with E-state index in [9.17, 15) is 18.3 Å². The van der Waals surface area contributed by atoms with E-state index in [-0.39, 0.29) is 5.75 Å². The molecule has 0 radical (unpaired) electrons. The van der Waals surface area contributed by atoms with Gasteiger partial charge in [-0.15, -0.1) is 13.2 Å². The monoisotopic (exact) mass is 364 g/mol. The lowest BCUT2D eigenvalue weighted by atomic mass is 10.0. The predicted octanol–water partition coefficient (Wildman–Crippen LogP) is 3.36. The van der Waals surface area contributed by atoms with Gasteiger partial charge < -0.3 is 19.1 Å². The number of nitrogens with zero attached hydrogens (tertiary/aromatic N) is 2. The normalized spacial score (nSPS) is 16.5. The van der Waals surface area contributed by atoms with Crippen molar-refractivity contribution in [3.05, 3.63) is 48.8 Å². The van der Waals surface area contributed by atoms with Crippen LogP contribution in [-0.4, -0.2) is 39.8 Å². The van der Waals surface area contributed by atoms with E-state index in [2.05, 4.69) is 9.72 Å². The molecule has 0 spiro atoms. The van der Waals surface area contributed by atoms with Crippen LogP contribution in [0.25, 0.3) is 22.2 Å². The lowest BCUT2D eigenvalue weighted by molar-refractivity contribution is -0.274. The number of alkyl halides is 3. The molecule has 1 fully saturated rings. The largest absolute Gasteiger partial charge is 0.573 e. The molecule has 0 amide bonds. The Morgan fingerprint density at radius 1 is 1.12 bits per heavy atom. The smallest absolute Gasteiger partial charge is 0.406 e. The van der Waals surface area contributed by atoms with Crippen LogP contribution in [0.3, 0.4) is 0 Å². The van der Waals surface area contributed by atoms with E-state index in [0.717, 1.165) is 22.2 Å². The Balaban J connectivity index is 1.58. The quantitative estimate of drug-likeness (QED) is 0.771. The zero-order valence-corrected chi connectivity index (χ0v) is 13.5. The summed E-state index contributed by atoms with van der Waals surface area (Å²) in [5, 5.41) is 10.2. The van der Waals surface area contributed by atoms with Crippen LogP contribution in [0.5, 0.6) is 5.75 Å². The molecule has 136 valence electrons. The Labute approximate surface area is 146 Å². The zero-order valence-electron chi connectivity index (χ0n) is 13.5. The minimum atomic E-state index is -4.71. The first-order chi connectivity index (χ1) is 12.3. The van der Waals surface area contributed by atoms with Gasteiger partial charge in [0.25, 0.3) is 0 Å².